The predicted molar refractivity (Wildman–Crippen MR) is 112 cm³/mol. The second kappa shape index (κ2) is 8.00. The SMILES string of the molecule is CC(C)(O)C(O)Cn1cc(CN2CCC3(CC2)OCCc2ccc(Cl)cc23)cn1. The fraction of sp³-hybridized carbons (Fsp3) is 0.591. The quantitative estimate of drug-likeness (QED) is 0.779. The zero-order valence-electron chi connectivity index (χ0n) is 17.1. The van der Waals surface area contributed by atoms with Crippen LogP contribution in [0.2, 0.25) is 5.02 Å². The van der Waals surface area contributed by atoms with E-state index in [9.17, 15) is 10.2 Å². The maximum Gasteiger partial charge on any atom is 0.102 e. The molecule has 2 aliphatic rings. The van der Waals surface area contributed by atoms with Gasteiger partial charge in [0.25, 0.3) is 0 Å². The topological polar surface area (TPSA) is 70.8 Å². The number of rotatable bonds is 5. The van der Waals surface area contributed by atoms with E-state index in [1.807, 2.05) is 18.5 Å². The van der Waals surface area contributed by atoms with E-state index in [0.717, 1.165) is 56.1 Å². The van der Waals surface area contributed by atoms with Gasteiger partial charge < -0.3 is 14.9 Å². The monoisotopic (exact) mass is 419 g/mol. The highest BCUT2D eigenvalue weighted by Gasteiger charge is 2.40. The number of nitrogens with zero attached hydrogens (tertiary/aromatic N) is 3. The van der Waals surface area contributed by atoms with E-state index in [-0.39, 0.29) is 12.1 Å². The van der Waals surface area contributed by atoms with Gasteiger partial charge in [-0.2, -0.15) is 5.10 Å². The van der Waals surface area contributed by atoms with E-state index in [1.54, 1.807) is 18.5 Å². The van der Waals surface area contributed by atoms with Crippen LogP contribution in [0.15, 0.2) is 30.6 Å². The lowest BCUT2D eigenvalue weighted by molar-refractivity contribution is -0.0989. The van der Waals surface area contributed by atoms with Gasteiger partial charge in [-0.15, -0.1) is 0 Å². The number of fused-ring (bicyclic) bond motifs is 2. The van der Waals surface area contributed by atoms with Crippen LogP contribution in [0.4, 0.5) is 0 Å². The van der Waals surface area contributed by atoms with Gasteiger partial charge >= 0.3 is 0 Å². The maximum atomic E-state index is 10.1. The first-order valence-electron chi connectivity index (χ1n) is 10.3. The predicted octanol–water partition coefficient (Wildman–Crippen LogP) is 2.73. The molecule has 3 heterocycles. The minimum Gasteiger partial charge on any atom is -0.388 e. The van der Waals surface area contributed by atoms with Crippen LogP contribution in [-0.2, 0) is 29.8 Å². The van der Waals surface area contributed by atoms with E-state index < -0.39 is 11.7 Å². The average molecular weight is 420 g/mol. The number of piperidine rings is 1. The third-order valence-corrected chi connectivity index (χ3v) is 6.48. The molecule has 4 rings (SSSR count). The van der Waals surface area contributed by atoms with E-state index in [4.69, 9.17) is 16.3 Å². The van der Waals surface area contributed by atoms with Crippen molar-refractivity contribution in [3.8, 4) is 0 Å². The summed E-state index contributed by atoms with van der Waals surface area (Å²) < 4.78 is 8.01. The molecule has 0 amide bonds. The van der Waals surface area contributed by atoms with Crippen LogP contribution in [0.1, 0.15) is 43.4 Å². The van der Waals surface area contributed by atoms with Crippen LogP contribution >= 0.6 is 11.6 Å². The fourth-order valence-corrected chi connectivity index (χ4v) is 4.53. The molecule has 0 bridgehead atoms. The highest BCUT2D eigenvalue weighted by molar-refractivity contribution is 6.30. The summed E-state index contributed by atoms with van der Waals surface area (Å²) in [6.07, 6.45) is 5.78. The van der Waals surface area contributed by atoms with Crippen LogP contribution in [-0.4, -0.2) is 56.3 Å². The standard InChI is InChI=1S/C22H30ClN3O3/c1-21(2,28)20(27)15-26-14-16(12-24-26)13-25-8-6-22(7-9-25)19-11-18(23)4-3-17(19)5-10-29-22/h3-4,11-12,14,20,27-28H,5-10,13,15H2,1-2H3. The van der Waals surface area contributed by atoms with Gasteiger partial charge in [-0.05, 0) is 56.4 Å². The number of aromatic nitrogens is 2. The Morgan fingerprint density at radius 3 is 2.79 bits per heavy atom. The summed E-state index contributed by atoms with van der Waals surface area (Å²) in [4.78, 5) is 2.42. The molecule has 1 saturated heterocycles. The molecule has 1 spiro atoms. The van der Waals surface area contributed by atoms with E-state index in [1.165, 1.54) is 11.1 Å². The molecule has 1 fully saturated rings. The third kappa shape index (κ3) is 4.52. The molecule has 0 radical (unpaired) electrons. The largest absolute Gasteiger partial charge is 0.388 e. The zero-order chi connectivity index (χ0) is 20.6. The zero-order valence-corrected chi connectivity index (χ0v) is 17.9. The number of ether oxygens (including phenoxy) is 1. The summed E-state index contributed by atoms with van der Waals surface area (Å²) in [6.45, 7) is 6.96. The van der Waals surface area contributed by atoms with Gasteiger partial charge in [0.1, 0.15) is 6.10 Å². The second-order valence-electron chi connectivity index (χ2n) is 8.91. The van der Waals surface area contributed by atoms with Crippen molar-refractivity contribution < 1.29 is 14.9 Å². The summed E-state index contributed by atoms with van der Waals surface area (Å²) in [6, 6.07) is 6.20. The van der Waals surface area contributed by atoms with Gasteiger partial charge in [0.2, 0.25) is 0 Å². The Bertz CT molecular complexity index is 853. The lowest BCUT2D eigenvalue weighted by atomic mass is 9.79. The Hall–Kier alpha value is -1.44. The van der Waals surface area contributed by atoms with Crippen molar-refractivity contribution in [3.63, 3.8) is 0 Å². The summed E-state index contributed by atoms with van der Waals surface area (Å²) in [5, 5.41) is 25.1. The molecule has 2 aromatic rings. The molecule has 1 unspecified atom stereocenters. The smallest absolute Gasteiger partial charge is 0.102 e. The Kier molecular flexibility index (Phi) is 5.75. The lowest BCUT2D eigenvalue weighted by Crippen LogP contribution is -2.46. The summed E-state index contributed by atoms with van der Waals surface area (Å²) in [7, 11) is 0. The average Bonchev–Trinajstić information content (AvgIpc) is 3.10. The minimum atomic E-state index is -1.15. The van der Waals surface area contributed by atoms with Crippen LogP contribution in [0, 0.1) is 0 Å². The highest BCUT2D eigenvalue weighted by atomic mass is 35.5. The van der Waals surface area contributed by atoms with Gasteiger partial charge in [0.15, 0.2) is 0 Å². The number of benzene rings is 1. The fourth-order valence-electron chi connectivity index (χ4n) is 4.36. The molecule has 29 heavy (non-hydrogen) atoms. The summed E-state index contributed by atoms with van der Waals surface area (Å²) in [5.41, 5.74) is 2.38. The molecular formula is C22H30ClN3O3. The van der Waals surface area contributed by atoms with Gasteiger partial charge in [-0.3, -0.25) is 9.58 Å². The van der Waals surface area contributed by atoms with Gasteiger partial charge in [0.05, 0.1) is 30.6 Å². The van der Waals surface area contributed by atoms with E-state index >= 15 is 0 Å². The molecule has 1 aromatic heterocycles. The molecule has 7 heteroatoms. The van der Waals surface area contributed by atoms with Gasteiger partial charge in [-0.25, -0.2) is 0 Å². The van der Waals surface area contributed by atoms with Gasteiger partial charge in [0, 0.05) is 36.4 Å². The van der Waals surface area contributed by atoms with Crippen molar-refractivity contribution in [3.05, 3.63) is 52.3 Å². The number of hydrogen-bond donors (Lipinski definition) is 2. The Morgan fingerprint density at radius 1 is 1.31 bits per heavy atom. The molecule has 6 nitrogen and oxygen atoms in total. The number of likely N-dealkylation sites (tertiary alicyclic amines) is 1. The molecule has 1 aromatic carbocycles. The number of aliphatic hydroxyl groups excluding tert-OH is 1. The highest BCUT2D eigenvalue weighted by Crippen LogP contribution is 2.42. The minimum absolute atomic E-state index is 0.212. The summed E-state index contributed by atoms with van der Waals surface area (Å²) in [5.74, 6) is 0. The van der Waals surface area contributed by atoms with Crippen molar-refractivity contribution in [1.82, 2.24) is 14.7 Å². The van der Waals surface area contributed by atoms with Crippen LogP contribution in [0.3, 0.4) is 0 Å². The van der Waals surface area contributed by atoms with Crippen molar-refractivity contribution in [2.75, 3.05) is 19.7 Å². The lowest BCUT2D eigenvalue weighted by Gasteiger charge is -2.45. The molecular weight excluding hydrogens is 390 g/mol. The van der Waals surface area contributed by atoms with Crippen LogP contribution in [0.5, 0.6) is 0 Å². The Morgan fingerprint density at radius 2 is 2.07 bits per heavy atom. The molecule has 2 aliphatic heterocycles. The first kappa shape index (κ1) is 20.8. The number of aliphatic hydroxyl groups is 2. The molecule has 0 saturated carbocycles. The Labute approximate surface area is 177 Å². The first-order valence-corrected chi connectivity index (χ1v) is 10.7. The van der Waals surface area contributed by atoms with Crippen molar-refractivity contribution in [2.24, 2.45) is 0 Å². The van der Waals surface area contributed by atoms with E-state index in [2.05, 4.69) is 22.1 Å². The van der Waals surface area contributed by atoms with Crippen molar-refractivity contribution >= 4 is 11.6 Å². The number of hydrogen-bond acceptors (Lipinski definition) is 5. The molecule has 1 atom stereocenters. The molecule has 2 N–H and O–H groups in total. The molecule has 0 aliphatic carbocycles. The number of halogens is 1. The Balaban J connectivity index is 1.38. The summed E-state index contributed by atoms with van der Waals surface area (Å²) >= 11 is 6.27. The second-order valence-corrected chi connectivity index (χ2v) is 9.35. The third-order valence-electron chi connectivity index (χ3n) is 6.24. The van der Waals surface area contributed by atoms with Crippen LogP contribution < -0.4 is 0 Å². The normalized spacial score (nSPS) is 20.6. The van der Waals surface area contributed by atoms with Crippen molar-refractivity contribution in [1.29, 1.82) is 0 Å². The maximum absolute atomic E-state index is 10.1. The van der Waals surface area contributed by atoms with Crippen molar-refractivity contribution in [2.45, 2.75) is 63.5 Å². The van der Waals surface area contributed by atoms with Crippen LogP contribution in [0.25, 0.3) is 0 Å². The first-order chi connectivity index (χ1) is 13.7. The van der Waals surface area contributed by atoms with Gasteiger partial charge in [-0.1, -0.05) is 17.7 Å². The van der Waals surface area contributed by atoms with E-state index in [0.29, 0.717) is 0 Å². The molecule has 158 valence electrons.